The lowest BCUT2D eigenvalue weighted by Gasteiger charge is -2.10. The van der Waals surface area contributed by atoms with E-state index in [-0.39, 0.29) is 22.8 Å². The second-order valence-electron chi connectivity index (χ2n) is 4.97. The first-order chi connectivity index (χ1) is 11.5. The Kier molecular flexibility index (Phi) is 5.41. The summed E-state index contributed by atoms with van der Waals surface area (Å²) in [5, 5.41) is 0. The summed E-state index contributed by atoms with van der Waals surface area (Å²) in [4.78, 5) is 25.6. The molecular formula is C16H17FN4O3. The maximum absolute atomic E-state index is 14.2. The zero-order valence-corrected chi connectivity index (χ0v) is 13.8. The summed E-state index contributed by atoms with van der Waals surface area (Å²) in [5.74, 6) is -0.954. The molecule has 0 bridgehead atoms. The molecule has 0 saturated carbocycles. The quantitative estimate of drug-likeness (QED) is 0.775. The zero-order valence-electron chi connectivity index (χ0n) is 13.8. The van der Waals surface area contributed by atoms with Gasteiger partial charge >= 0.3 is 5.97 Å². The number of hydrogen-bond donors (Lipinski definition) is 0. The SMILES string of the molecule is COC(=O)c1cnc(-c2cc(OC)ncc2F)c(C=CN(C)C)n1. The molecule has 0 atom stereocenters. The van der Waals surface area contributed by atoms with Crippen LogP contribution in [0, 0.1) is 5.82 Å². The molecule has 126 valence electrons. The van der Waals surface area contributed by atoms with E-state index in [1.54, 1.807) is 17.2 Å². The Labute approximate surface area is 138 Å². The van der Waals surface area contributed by atoms with Crippen LogP contribution in [0.2, 0.25) is 0 Å². The van der Waals surface area contributed by atoms with Gasteiger partial charge in [0.05, 0.1) is 38.0 Å². The molecule has 2 rings (SSSR count). The van der Waals surface area contributed by atoms with Gasteiger partial charge in [0, 0.05) is 31.9 Å². The molecular weight excluding hydrogens is 315 g/mol. The van der Waals surface area contributed by atoms with Gasteiger partial charge in [-0.1, -0.05) is 0 Å². The number of esters is 1. The smallest absolute Gasteiger partial charge is 0.358 e. The summed E-state index contributed by atoms with van der Waals surface area (Å²) in [6.07, 6.45) is 5.62. The molecule has 7 nitrogen and oxygen atoms in total. The second-order valence-corrected chi connectivity index (χ2v) is 4.97. The third kappa shape index (κ3) is 3.83. The van der Waals surface area contributed by atoms with Gasteiger partial charge in [-0.2, -0.15) is 0 Å². The highest BCUT2D eigenvalue weighted by atomic mass is 19.1. The van der Waals surface area contributed by atoms with Gasteiger partial charge in [-0.3, -0.25) is 4.98 Å². The number of methoxy groups -OCH3 is 2. The first-order valence-electron chi connectivity index (χ1n) is 6.96. The fraction of sp³-hybridized carbons (Fsp3) is 0.250. The lowest BCUT2D eigenvalue weighted by molar-refractivity contribution is 0.0593. The summed E-state index contributed by atoms with van der Waals surface area (Å²) in [6.45, 7) is 0. The van der Waals surface area contributed by atoms with Gasteiger partial charge in [-0.05, 0) is 6.08 Å². The summed E-state index contributed by atoms with van der Waals surface area (Å²) in [6, 6.07) is 1.42. The maximum Gasteiger partial charge on any atom is 0.358 e. The molecule has 0 fully saturated rings. The number of pyridine rings is 1. The highest BCUT2D eigenvalue weighted by molar-refractivity contribution is 5.87. The van der Waals surface area contributed by atoms with Crippen LogP contribution in [0.5, 0.6) is 5.88 Å². The van der Waals surface area contributed by atoms with Crippen molar-refractivity contribution in [1.82, 2.24) is 19.9 Å². The van der Waals surface area contributed by atoms with Crippen molar-refractivity contribution in [2.45, 2.75) is 0 Å². The highest BCUT2D eigenvalue weighted by Gasteiger charge is 2.17. The van der Waals surface area contributed by atoms with Crippen molar-refractivity contribution in [3.05, 3.63) is 41.9 Å². The van der Waals surface area contributed by atoms with Crippen LogP contribution < -0.4 is 4.74 Å². The largest absolute Gasteiger partial charge is 0.481 e. The van der Waals surface area contributed by atoms with Crippen molar-refractivity contribution >= 4 is 12.0 Å². The van der Waals surface area contributed by atoms with Crippen molar-refractivity contribution in [3.63, 3.8) is 0 Å². The molecule has 0 saturated heterocycles. The van der Waals surface area contributed by atoms with Gasteiger partial charge in [0.15, 0.2) is 11.5 Å². The van der Waals surface area contributed by atoms with Crippen LogP contribution >= 0.6 is 0 Å². The van der Waals surface area contributed by atoms with Gasteiger partial charge in [0.25, 0.3) is 0 Å². The van der Waals surface area contributed by atoms with E-state index in [9.17, 15) is 9.18 Å². The number of carbonyl (C=O) groups is 1. The molecule has 0 aromatic carbocycles. The maximum atomic E-state index is 14.2. The zero-order chi connectivity index (χ0) is 17.7. The van der Waals surface area contributed by atoms with E-state index in [1.807, 2.05) is 14.1 Å². The molecule has 0 aliphatic carbocycles. The molecule has 0 N–H and O–H groups in total. The normalized spacial score (nSPS) is 10.7. The van der Waals surface area contributed by atoms with Gasteiger partial charge in [-0.25, -0.2) is 19.2 Å². The van der Waals surface area contributed by atoms with Crippen molar-refractivity contribution in [3.8, 4) is 17.1 Å². The van der Waals surface area contributed by atoms with Crippen molar-refractivity contribution < 1.29 is 18.7 Å². The second kappa shape index (κ2) is 7.49. The number of halogens is 1. The minimum Gasteiger partial charge on any atom is -0.481 e. The molecule has 0 spiro atoms. The van der Waals surface area contributed by atoms with E-state index in [4.69, 9.17) is 4.74 Å². The van der Waals surface area contributed by atoms with Gasteiger partial charge < -0.3 is 14.4 Å². The predicted molar refractivity (Wildman–Crippen MR) is 85.8 cm³/mol. The Morgan fingerprint density at radius 3 is 2.62 bits per heavy atom. The number of rotatable bonds is 5. The van der Waals surface area contributed by atoms with Crippen molar-refractivity contribution in [2.75, 3.05) is 28.3 Å². The fourth-order valence-corrected chi connectivity index (χ4v) is 1.86. The number of carbonyl (C=O) groups excluding carboxylic acids is 1. The summed E-state index contributed by atoms with van der Waals surface area (Å²) >= 11 is 0. The van der Waals surface area contributed by atoms with Crippen LogP contribution in [-0.2, 0) is 4.74 Å². The van der Waals surface area contributed by atoms with Crippen LogP contribution in [-0.4, -0.2) is 54.1 Å². The van der Waals surface area contributed by atoms with Gasteiger partial charge in [-0.15, -0.1) is 0 Å². The monoisotopic (exact) mass is 332 g/mol. The molecule has 8 heteroatoms. The molecule has 2 aromatic rings. The van der Waals surface area contributed by atoms with Gasteiger partial charge in [0.1, 0.15) is 0 Å². The predicted octanol–water partition coefficient (Wildman–Crippen LogP) is 2.01. The third-order valence-corrected chi connectivity index (χ3v) is 3.02. The van der Waals surface area contributed by atoms with E-state index in [0.29, 0.717) is 5.69 Å². The van der Waals surface area contributed by atoms with E-state index in [2.05, 4.69) is 19.7 Å². The van der Waals surface area contributed by atoms with Crippen molar-refractivity contribution in [1.29, 1.82) is 0 Å². The molecule has 0 aliphatic heterocycles. The summed E-state index contributed by atoms with van der Waals surface area (Å²) in [7, 11) is 6.33. The van der Waals surface area contributed by atoms with E-state index < -0.39 is 11.8 Å². The van der Waals surface area contributed by atoms with Crippen LogP contribution in [0.3, 0.4) is 0 Å². The lowest BCUT2D eigenvalue weighted by atomic mass is 10.1. The van der Waals surface area contributed by atoms with Gasteiger partial charge in [0.2, 0.25) is 5.88 Å². The molecule has 2 aromatic heterocycles. The highest BCUT2D eigenvalue weighted by Crippen LogP contribution is 2.27. The Balaban J connectivity index is 2.62. The summed E-state index contributed by atoms with van der Waals surface area (Å²) < 4.78 is 23.8. The lowest BCUT2D eigenvalue weighted by Crippen LogP contribution is -2.08. The van der Waals surface area contributed by atoms with E-state index in [1.165, 1.54) is 26.5 Å². The Morgan fingerprint density at radius 1 is 1.25 bits per heavy atom. The number of nitrogens with zero attached hydrogens (tertiary/aromatic N) is 4. The topological polar surface area (TPSA) is 77.4 Å². The van der Waals surface area contributed by atoms with Crippen LogP contribution in [0.15, 0.2) is 24.7 Å². The van der Waals surface area contributed by atoms with E-state index >= 15 is 0 Å². The standard InChI is InChI=1S/C16H17FN4O3/c1-21(2)6-5-12-15(19-9-13(20-12)16(22)24-4)10-7-14(23-3)18-8-11(10)17/h5-9H,1-4H3. The molecule has 0 radical (unpaired) electrons. The number of hydrogen-bond acceptors (Lipinski definition) is 7. The minimum atomic E-state index is -0.624. The number of ether oxygens (including phenoxy) is 2. The van der Waals surface area contributed by atoms with Crippen LogP contribution in [0.1, 0.15) is 16.2 Å². The minimum absolute atomic E-state index is 0.0288. The van der Waals surface area contributed by atoms with Crippen LogP contribution in [0.4, 0.5) is 4.39 Å². The average molecular weight is 332 g/mol. The molecule has 24 heavy (non-hydrogen) atoms. The molecule has 0 amide bonds. The van der Waals surface area contributed by atoms with Crippen molar-refractivity contribution in [2.24, 2.45) is 0 Å². The first kappa shape index (κ1) is 17.3. The molecule has 2 heterocycles. The molecule has 0 unspecified atom stereocenters. The Bertz CT molecular complexity index is 778. The number of aromatic nitrogens is 3. The van der Waals surface area contributed by atoms with E-state index in [0.717, 1.165) is 6.20 Å². The van der Waals surface area contributed by atoms with Crippen LogP contribution in [0.25, 0.3) is 17.3 Å². The fourth-order valence-electron chi connectivity index (χ4n) is 1.86. The Hall–Kier alpha value is -3.03. The first-order valence-corrected chi connectivity index (χ1v) is 6.96. The third-order valence-electron chi connectivity index (χ3n) is 3.02. The summed E-state index contributed by atoms with van der Waals surface area (Å²) in [5.41, 5.74) is 0.781. The Morgan fingerprint density at radius 2 is 2.00 bits per heavy atom. The average Bonchev–Trinajstić information content (AvgIpc) is 2.59. The molecule has 0 aliphatic rings.